The minimum Gasteiger partial charge on any atom is -0.495 e. The number of aromatic carboxylic acids is 1. The summed E-state index contributed by atoms with van der Waals surface area (Å²) in [6.45, 7) is 9.52. The average Bonchev–Trinajstić information content (AvgIpc) is 3.44. The predicted molar refractivity (Wildman–Crippen MR) is 211 cm³/mol. The molecule has 0 saturated heterocycles. The number of nitrogens with zero attached hydrogens (tertiary/aromatic N) is 5. The number of carbonyl (C=O) groups is 2. The van der Waals surface area contributed by atoms with E-state index in [9.17, 15) is 14.7 Å². The molecule has 0 aliphatic rings. The van der Waals surface area contributed by atoms with Crippen LogP contribution in [0, 0.1) is 3.70 Å². The third kappa shape index (κ3) is 8.37. The first-order valence-corrected chi connectivity index (χ1v) is 20.0. The van der Waals surface area contributed by atoms with Crippen LogP contribution in [0.5, 0.6) is 5.75 Å². The zero-order chi connectivity index (χ0) is 37.5. The standard InChI is InChI=1S/C37H44IN7O6Si/c1-7-14-25(19-20-51-52(37(2,3)4,26-15-10-8-11-16-26)27-17-12-9-13-18-27)40-33-31-30(41-35(42-33)43-36(48)50-6)32(38)44-45(31)23-24-21-28(34(46)47)39-22-29(24)49-5/h8-13,15-18,21-22,25H,7,14,19-20,23H2,1-6H3,(H,46,47)(H2,40,41,42,43,48)/t25-/m0/s1. The quantitative estimate of drug-likeness (QED) is 0.0801. The Bertz CT molecular complexity index is 1970. The van der Waals surface area contributed by atoms with Crippen molar-refractivity contribution in [1.82, 2.24) is 24.7 Å². The lowest BCUT2D eigenvalue weighted by molar-refractivity contribution is 0.0690. The molecule has 0 unspecified atom stereocenters. The van der Waals surface area contributed by atoms with Crippen LogP contribution in [0.4, 0.5) is 16.6 Å². The highest BCUT2D eigenvalue weighted by molar-refractivity contribution is 14.1. The summed E-state index contributed by atoms with van der Waals surface area (Å²) in [6.07, 6.45) is 3.03. The Morgan fingerprint density at radius 3 is 2.21 bits per heavy atom. The minimum atomic E-state index is -2.77. The van der Waals surface area contributed by atoms with Gasteiger partial charge in [-0.05, 0) is 56.9 Å². The second-order valence-corrected chi connectivity index (χ2v) is 18.6. The van der Waals surface area contributed by atoms with Crippen LogP contribution in [-0.2, 0) is 15.7 Å². The maximum Gasteiger partial charge on any atom is 0.413 e. The van der Waals surface area contributed by atoms with E-state index in [-0.39, 0.29) is 29.3 Å². The van der Waals surface area contributed by atoms with Gasteiger partial charge in [0.15, 0.2) is 5.82 Å². The smallest absolute Gasteiger partial charge is 0.413 e. The lowest BCUT2D eigenvalue weighted by atomic mass is 10.1. The maximum atomic E-state index is 12.3. The number of methoxy groups -OCH3 is 2. The van der Waals surface area contributed by atoms with Gasteiger partial charge in [-0.1, -0.05) is 94.8 Å². The van der Waals surface area contributed by atoms with Gasteiger partial charge in [0, 0.05) is 18.2 Å². The summed E-state index contributed by atoms with van der Waals surface area (Å²) in [6, 6.07) is 22.5. The van der Waals surface area contributed by atoms with Crippen LogP contribution >= 0.6 is 22.6 Å². The first kappa shape index (κ1) is 38.6. The fraction of sp³-hybridized carbons (Fsp3) is 0.351. The molecule has 0 aliphatic heterocycles. The molecular formula is C37H44IN7O6Si. The van der Waals surface area contributed by atoms with E-state index in [2.05, 4.69) is 119 Å². The summed E-state index contributed by atoms with van der Waals surface area (Å²) in [7, 11) is 0.000389. The maximum absolute atomic E-state index is 12.3. The van der Waals surface area contributed by atoms with Crippen molar-refractivity contribution in [3.8, 4) is 5.75 Å². The molecule has 0 spiro atoms. The number of rotatable bonds is 15. The van der Waals surface area contributed by atoms with E-state index in [4.69, 9.17) is 24.0 Å². The van der Waals surface area contributed by atoms with E-state index >= 15 is 0 Å². The Kier molecular flexibility index (Phi) is 12.5. The van der Waals surface area contributed by atoms with Gasteiger partial charge in [0.1, 0.15) is 26.2 Å². The second-order valence-electron chi connectivity index (χ2n) is 13.3. The van der Waals surface area contributed by atoms with Crippen molar-refractivity contribution < 1.29 is 28.6 Å². The van der Waals surface area contributed by atoms with E-state index in [1.807, 2.05) is 12.1 Å². The third-order valence-electron chi connectivity index (χ3n) is 8.83. The fourth-order valence-corrected chi connectivity index (χ4v) is 11.7. The number of pyridine rings is 1. The summed E-state index contributed by atoms with van der Waals surface area (Å²) >= 11 is 2.09. The van der Waals surface area contributed by atoms with Crippen molar-refractivity contribution >= 4 is 76.1 Å². The Hall–Kier alpha value is -4.61. The van der Waals surface area contributed by atoms with E-state index in [1.165, 1.54) is 36.9 Å². The number of carboxylic acids is 1. The molecule has 5 aromatic rings. The fourth-order valence-electron chi connectivity index (χ4n) is 6.48. The van der Waals surface area contributed by atoms with Crippen LogP contribution in [0.25, 0.3) is 11.0 Å². The number of fused-ring (bicyclic) bond motifs is 1. The van der Waals surface area contributed by atoms with Gasteiger partial charge in [-0.25, -0.2) is 19.6 Å². The number of anilines is 2. The molecule has 15 heteroatoms. The number of hydrogen-bond donors (Lipinski definition) is 3. The van der Waals surface area contributed by atoms with Gasteiger partial charge in [-0.15, -0.1) is 0 Å². The molecule has 0 radical (unpaired) electrons. The predicted octanol–water partition coefficient (Wildman–Crippen LogP) is 6.31. The van der Waals surface area contributed by atoms with Gasteiger partial charge < -0.3 is 24.3 Å². The second kappa shape index (κ2) is 16.8. The number of amides is 1. The number of benzene rings is 2. The summed E-state index contributed by atoms with van der Waals surface area (Å²) in [5, 5.41) is 22.9. The molecular weight excluding hydrogens is 793 g/mol. The van der Waals surface area contributed by atoms with Crippen LogP contribution < -0.4 is 25.7 Å². The van der Waals surface area contributed by atoms with Gasteiger partial charge in [-0.3, -0.25) is 10.00 Å². The SMILES string of the molecule is CCC[C@@H](CCO[Si](c1ccccc1)(c1ccccc1)C(C)(C)C)Nc1nc(NC(=O)OC)nc2c(I)nn(Cc3cc(C(=O)O)ncc3OC)c12. The molecule has 3 heterocycles. The van der Waals surface area contributed by atoms with Crippen LogP contribution in [0.15, 0.2) is 72.9 Å². The van der Waals surface area contributed by atoms with Gasteiger partial charge in [0.25, 0.3) is 8.32 Å². The number of nitrogens with one attached hydrogen (secondary N) is 2. The zero-order valence-electron chi connectivity index (χ0n) is 30.1. The summed E-state index contributed by atoms with van der Waals surface area (Å²) < 4.78 is 19.8. The molecule has 1 amide bonds. The van der Waals surface area contributed by atoms with Crippen LogP contribution in [0.3, 0.4) is 0 Å². The molecule has 2 aromatic carbocycles. The van der Waals surface area contributed by atoms with Crippen molar-refractivity contribution in [2.45, 2.75) is 64.6 Å². The monoisotopic (exact) mass is 837 g/mol. The highest BCUT2D eigenvalue weighted by Crippen LogP contribution is 2.37. The Morgan fingerprint density at radius 1 is 1.00 bits per heavy atom. The molecule has 0 bridgehead atoms. The Labute approximate surface area is 317 Å². The van der Waals surface area contributed by atoms with Crippen LogP contribution in [0.2, 0.25) is 5.04 Å². The number of carboxylic acid groups (broad SMARTS) is 1. The third-order valence-corrected chi connectivity index (χ3v) is 14.6. The first-order valence-electron chi connectivity index (χ1n) is 17.0. The molecule has 5 rings (SSSR count). The molecule has 1 atom stereocenters. The molecule has 0 fully saturated rings. The van der Waals surface area contributed by atoms with E-state index in [0.717, 1.165) is 12.8 Å². The summed E-state index contributed by atoms with van der Waals surface area (Å²) in [5.74, 6) is -0.252. The van der Waals surface area contributed by atoms with Gasteiger partial charge in [0.05, 0.1) is 27.0 Å². The molecule has 274 valence electrons. The van der Waals surface area contributed by atoms with Crippen LogP contribution in [0.1, 0.15) is 63.0 Å². The number of halogens is 1. The number of carbonyl (C=O) groups excluding carboxylic acids is 1. The van der Waals surface area contributed by atoms with Crippen molar-refractivity contribution in [3.63, 3.8) is 0 Å². The summed E-state index contributed by atoms with van der Waals surface area (Å²) in [5.41, 5.74) is 1.51. The largest absolute Gasteiger partial charge is 0.495 e. The average molecular weight is 838 g/mol. The highest BCUT2D eigenvalue weighted by atomic mass is 127. The van der Waals surface area contributed by atoms with Gasteiger partial charge in [-0.2, -0.15) is 10.1 Å². The van der Waals surface area contributed by atoms with E-state index < -0.39 is 20.4 Å². The first-order chi connectivity index (χ1) is 24.9. The number of aromatic nitrogens is 5. The van der Waals surface area contributed by atoms with Crippen LogP contribution in [-0.4, -0.2) is 77.1 Å². The topological polar surface area (TPSA) is 163 Å². The number of ether oxygens (including phenoxy) is 2. The Balaban J connectivity index is 1.53. The normalized spacial score (nSPS) is 12.4. The van der Waals surface area contributed by atoms with E-state index in [1.54, 1.807) is 4.68 Å². The van der Waals surface area contributed by atoms with Gasteiger partial charge in [0.2, 0.25) is 5.95 Å². The van der Waals surface area contributed by atoms with E-state index in [0.29, 0.717) is 44.9 Å². The molecule has 13 nitrogen and oxygen atoms in total. The van der Waals surface area contributed by atoms with Crippen molar-refractivity contribution in [2.24, 2.45) is 0 Å². The van der Waals surface area contributed by atoms with Crippen molar-refractivity contribution in [1.29, 1.82) is 0 Å². The molecule has 3 aromatic heterocycles. The zero-order valence-corrected chi connectivity index (χ0v) is 33.3. The Morgan fingerprint density at radius 2 is 1.65 bits per heavy atom. The van der Waals surface area contributed by atoms with Gasteiger partial charge >= 0.3 is 12.1 Å². The lowest BCUT2D eigenvalue weighted by Gasteiger charge is -2.43. The van der Waals surface area contributed by atoms with Crippen molar-refractivity contribution in [2.75, 3.05) is 31.5 Å². The lowest BCUT2D eigenvalue weighted by Crippen LogP contribution is -2.66. The molecule has 3 N–H and O–H groups in total. The molecule has 52 heavy (non-hydrogen) atoms. The highest BCUT2D eigenvalue weighted by Gasteiger charge is 2.50. The molecule has 0 aliphatic carbocycles. The molecule has 0 saturated carbocycles. The minimum absolute atomic E-state index is 0.0489. The number of hydrogen-bond acceptors (Lipinski definition) is 10. The summed E-state index contributed by atoms with van der Waals surface area (Å²) in [4.78, 5) is 37.4. The van der Waals surface area contributed by atoms with Crippen molar-refractivity contribution in [3.05, 3.63) is 87.9 Å².